The van der Waals surface area contributed by atoms with Crippen LogP contribution in [0.3, 0.4) is 0 Å². The number of benzene rings is 1. The Morgan fingerprint density at radius 3 is 2.35 bits per heavy atom. The Bertz CT molecular complexity index is 631. The van der Waals surface area contributed by atoms with Crippen LogP contribution in [0.15, 0.2) is 16.5 Å². The molecule has 0 saturated carbocycles. The molecule has 0 aliphatic heterocycles. The molecule has 1 aliphatic rings. The van der Waals surface area contributed by atoms with Gasteiger partial charge in [-0.2, -0.15) is 0 Å². The summed E-state index contributed by atoms with van der Waals surface area (Å²) in [5, 5.41) is 4.56. The average molecular weight is 271 g/mol. The van der Waals surface area contributed by atoms with E-state index in [9.17, 15) is 0 Å². The fourth-order valence-electron chi connectivity index (χ4n) is 3.48. The minimum Gasteiger partial charge on any atom is -0.459 e. The minimum absolute atomic E-state index is 0.111. The molecule has 3 rings (SSSR count). The van der Waals surface area contributed by atoms with Gasteiger partial charge in [-0.05, 0) is 61.4 Å². The molecule has 0 unspecified atom stereocenters. The van der Waals surface area contributed by atoms with E-state index in [4.69, 9.17) is 4.42 Å². The lowest BCUT2D eigenvalue weighted by Crippen LogP contribution is -2.16. The molecule has 0 fully saturated rings. The van der Waals surface area contributed by atoms with Gasteiger partial charge in [0, 0.05) is 10.9 Å². The van der Waals surface area contributed by atoms with Gasteiger partial charge < -0.3 is 9.73 Å². The third kappa shape index (κ3) is 2.26. The Balaban J connectivity index is 2.24. The summed E-state index contributed by atoms with van der Waals surface area (Å²) in [6.45, 7) is 7.62. The SMILES string of the molecule is CNCc1oc2cc3c(cc2c1C(C)(C)C)CCCC3. The third-order valence-electron chi connectivity index (χ3n) is 4.31. The van der Waals surface area contributed by atoms with Crippen molar-refractivity contribution in [2.45, 2.75) is 58.4 Å². The number of rotatable bonds is 2. The van der Waals surface area contributed by atoms with Crippen LogP contribution in [-0.2, 0) is 24.8 Å². The van der Waals surface area contributed by atoms with Crippen LogP contribution >= 0.6 is 0 Å². The van der Waals surface area contributed by atoms with Gasteiger partial charge in [0.1, 0.15) is 11.3 Å². The van der Waals surface area contributed by atoms with Crippen LogP contribution in [0.4, 0.5) is 0 Å². The topological polar surface area (TPSA) is 25.2 Å². The molecule has 2 nitrogen and oxygen atoms in total. The van der Waals surface area contributed by atoms with Crippen molar-refractivity contribution in [1.82, 2.24) is 5.32 Å². The number of hydrogen-bond donors (Lipinski definition) is 1. The zero-order chi connectivity index (χ0) is 14.3. The molecule has 0 atom stereocenters. The number of nitrogens with one attached hydrogen (secondary N) is 1. The smallest absolute Gasteiger partial charge is 0.134 e. The molecule has 1 aliphatic carbocycles. The van der Waals surface area contributed by atoms with Crippen molar-refractivity contribution in [1.29, 1.82) is 0 Å². The second kappa shape index (κ2) is 4.92. The summed E-state index contributed by atoms with van der Waals surface area (Å²) in [4.78, 5) is 0. The first-order valence-electron chi connectivity index (χ1n) is 7.73. The predicted molar refractivity (Wildman–Crippen MR) is 84.3 cm³/mol. The molecule has 0 bridgehead atoms. The summed E-state index contributed by atoms with van der Waals surface area (Å²) in [6.07, 6.45) is 5.07. The highest BCUT2D eigenvalue weighted by molar-refractivity contribution is 5.85. The van der Waals surface area contributed by atoms with Gasteiger partial charge in [0.25, 0.3) is 0 Å². The van der Waals surface area contributed by atoms with Gasteiger partial charge in [-0.3, -0.25) is 0 Å². The number of aryl methyl sites for hydroxylation is 2. The van der Waals surface area contributed by atoms with E-state index >= 15 is 0 Å². The van der Waals surface area contributed by atoms with E-state index in [0.29, 0.717) is 0 Å². The molecular weight excluding hydrogens is 246 g/mol. The van der Waals surface area contributed by atoms with E-state index in [2.05, 4.69) is 38.2 Å². The molecule has 0 radical (unpaired) electrons. The zero-order valence-corrected chi connectivity index (χ0v) is 13.1. The molecule has 1 heterocycles. The minimum atomic E-state index is 0.111. The molecule has 2 aromatic rings. The van der Waals surface area contributed by atoms with E-state index in [1.165, 1.54) is 47.8 Å². The standard InChI is InChI=1S/C18H25NO/c1-18(2,3)17-14-9-12-7-5-6-8-13(12)10-15(14)20-16(17)11-19-4/h9-10,19H,5-8,11H2,1-4H3. The quantitative estimate of drug-likeness (QED) is 0.879. The molecule has 1 aromatic carbocycles. The zero-order valence-electron chi connectivity index (χ0n) is 13.1. The van der Waals surface area contributed by atoms with E-state index in [-0.39, 0.29) is 5.41 Å². The van der Waals surface area contributed by atoms with Crippen molar-refractivity contribution < 1.29 is 4.42 Å². The lowest BCUT2D eigenvalue weighted by atomic mass is 9.83. The van der Waals surface area contributed by atoms with Crippen LogP contribution in [0.25, 0.3) is 11.0 Å². The van der Waals surface area contributed by atoms with Gasteiger partial charge in [0.15, 0.2) is 0 Å². The van der Waals surface area contributed by atoms with Crippen molar-refractivity contribution in [3.05, 3.63) is 34.6 Å². The Morgan fingerprint density at radius 2 is 1.75 bits per heavy atom. The summed E-state index contributed by atoms with van der Waals surface area (Å²) in [5.74, 6) is 1.09. The first-order chi connectivity index (χ1) is 9.50. The first kappa shape index (κ1) is 13.7. The highest BCUT2D eigenvalue weighted by atomic mass is 16.3. The van der Waals surface area contributed by atoms with Crippen LogP contribution in [-0.4, -0.2) is 7.05 Å². The highest BCUT2D eigenvalue weighted by Gasteiger charge is 2.26. The maximum atomic E-state index is 6.17. The largest absolute Gasteiger partial charge is 0.459 e. The van der Waals surface area contributed by atoms with E-state index in [0.717, 1.165) is 17.9 Å². The Hall–Kier alpha value is -1.28. The number of fused-ring (bicyclic) bond motifs is 2. The maximum Gasteiger partial charge on any atom is 0.134 e. The van der Waals surface area contributed by atoms with Gasteiger partial charge in [0.05, 0.1) is 6.54 Å². The normalized spacial score (nSPS) is 15.6. The lowest BCUT2D eigenvalue weighted by molar-refractivity contribution is 0.494. The molecule has 0 saturated heterocycles. The fourth-order valence-corrected chi connectivity index (χ4v) is 3.48. The summed E-state index contributed by atoms with van der Waals surface area (Å²) in [7, 11) is 1.98. The van der Waals surface area contributed by atoms with E-state index < -0.39 is 0 Å². The monoisotopic (exact) mass is 271 g/mol. The van der Waals surface area contributed by atoms with E-state index in [1.807, 2.05) is 7.05 Å². The molecule has 0 amide bonds. The van der Waals surface area contributed by atoms with Crippen LogP contribution in [0, 0.1) is 0 Å². The number of hydrogen-bond acceptors (Lipinski definition) is 2. The molecular formula is C18H25NO. The summed E-state index contributed by atoms with van der Waals surface area (Å²) < 4.78 is 6.17. The first-order valence-corrected chi connectivity index (χ1v) is 7.73. The van der Waals surface area contributed by atoms with Crippen molar-refractivity contribution in [3.8, 4) is 0 Å². The van der Waals surface area contributed by atoms with Crippen molar-refractivity contribution in [2.24, 2.45) is 0 Å². The van der Waals surface area contributed by atoms with Crippen molar-refractivity contribution in [3.63, 3.8) is 0 Å². The third-order valence-corrected chi connectivity index (χ3v) is 4.31. The van der Waals surface area contributed by atoms with Crippen LogP contribution in [0.2, 0.25) is 0 Å². The second-order valence-electron chi connectivity index (χ2n) is 7.00. The van der Waals surface area contributed by atoms with Crippen molar-refractivity contribution >= 4 is 11.0 Å². The Kier molecular flexibility index (Phi) is 3.37. The second-order valence-corrected chi connectivity index (χ2v) is 7.00. The highest BCUT2D eigenvalue weighted by Crippen LogP contribution is 2.38. The number of furan rings is 1. The molecule has 2 heteroatoms. The predicted octanol–water partition coefficient (Wildman–Crippen LogP) is 4.33. The molecule has 20 heavy (non-hydrogen) atoms. The molecule has 108 valence electrons. The summed E-state index contributed by atoms with van der Waals surface area (Å²) >= 11 is 0. The molecule has 1 aromatic heterocycles. The van der Waals surface area contributed by atoms with Gasteiger partial charge >= 0.3 is 0 Å². The summed E-state index contributed by atoms with van der Waals surface area (Å²) in [5.41, 5.74) is 5.58. The Morgan fingerprint density at radius 1 is 1.10 bits per heavy atom. The van der Waals surface area contributed by atoms with Gasteiger partial charge in [-0.25, -0.2) is 0 Å². The summed E-state index contributed by atoms with van der Waals surface area (Å²) in [6, 6.07) is 4.69. The molecule has 0 spiro atoms. The van der Waals surface area contributed by atoms with E-state index in [1.54, 1.807) is 0 Å². The average Bonchev–Trinajstić information content (AvgIpc) is 2.73. The van der Waals surface area contributed by atoms with Gasteiger partial charge in [-0.15, -0.1) is 0 Å². The van der Waals surface area contributed by atoms with Crippen LogP contribution < -0.4 is 5.32 Å². The fraction of sp³-hybridized carbons (Fsp3) is 0.556. The molecule has 1 N–H and O–H groups in total. The van der Waals surface area contributed by atoms with Crippen LogP contribution in [0.5, 0.6) is 0 Å². The van der Waals surface area contributed by atoms with Crippen molar-refractivity contribution in [2.75, 3.05) is 7.05 Å². The lowest BCUT2D eigenvalue weighted by Gasteiger charge is -2.20. The maximum absolute atomic E-state index is 6.17. The van der Waals surface area contributed by atoms with Gasteiger partial charge in [0.2, 0.25) is 0 Å². The van der Waals surface area contributed by atoms with Gasteiger partial charge in [-0.1, -0.05) is 20.8 Å². The van der Waals surface area contributed by atoms with Crippen LogP contribution in [0.1, 0.15) is 56.1 Å². The Labute approximate surface area is 121 Å².